The molecule has 0 radical (unpaired) electrons. The monoisotopic (exact) mass is 501 g/mol. The fraction of sp³-hybridized carbons (Fsp3) is 0.500. The number of hydrogen-bond donors (Lipinski definition) is 2. The van der Waals surface area contributed by atoms with Crippen molar-refractivity contribution in [3.8, 4) is 5.75 Å². The molecule has 0 amide bonds. The zero-order valence-electron chi connectivity index (χ0n) is 21.5. The molecule has 12 heteroatoms. The Morgan fingerprint density at radius 2 is 2.03 bits per heavy atom. The van der Waals surface area contributed by atoms with Crippen LogP contribution in [-0.4, -0.2) is 94.6 Å². The van der Waals surface area contributed by atoms with Crippen LogP contribution in [0.1, 0.15) is 12.0 Å². The number of likely N-dealkylation sites (N-methyl/N-ethyl adjacent to an activating group) is 2. The standard InChI is InChI=1S/C24H35N7O5/c1-29(2)9-10-30(3)20-15-22(35-5)19(14-21(20)31(32)33)27-24-26-16-18(17-6-11-36-12-7-17)23(28-24)25-8-13-34-4/h6,14-16H,7-13H2,1-5H3,(H2,25,26,27,28). The molecule has 0 spiro atoms. The van der Waals surface area contributed by atoms with Crippen molar-refractivity contribution in [3.63, 3.8) is 0 Å². The molecule has 0 bridgehead atoms. The summed E-state index contributed by atoms with van der Waals surface area (Å²) in [5, 5.41) is 18.3. The number of nitro groups is 1. The van der Waals surface area contributed by atoms with Gasteiger partial charge in [0, 0.05) is 57.7 Å². The summed E-state index contributed by atoms with van der Waals surface area (Å²) in [6.45, 7) is 3.62. The van der Waals surface area contributed by atoms with Crippen molar-refractivity contribution in [2.24, 2.45) is 0 Å². The molecule has 1 aliphatic heterocycles. The molecular weight excluding hydrogens is 466 g/mol. The summed E-state index contributed by atoms with van der Waals surface area (Å²) in [5.74, 6) is 1.37. The summed E-state index contributed by atoms with van der Waals surface area (Å²) < 4.78 is 16.1. The van der Waals surface area contributed by atoms with Gasteiger partial charge in [0.15, 0.2) is 0 Å². The highest BCUT2D eigenvalue weighted by atomic mass is 16.6. The molecule has 1 aromatic heterocycles. The number of nitro benzene ring substituents is 1. The molecule has 3 rings (SSSR count). The smallest absolute Gasteiger partial charge is 0.294 e. The second-order valence-corrected chi connectivity index (χ2v) is 8.58. The van der Waals surface area contributed by atoms with Gasteiger partial charge in [-0.1, -0.05) is 6.08 Å². The van der Waals surface area contributed by atoms with E-state index < -0.39 is 4.92 Å². The summed E-state index contributed by atoms with van der Waals surface area (Å²) >= 11 is 0. The Bertz CT molecular complexity index is 1080. The number of anilines is 4. The molecule has 0 atom stereocenters. The first-order valence-electron chi connectivity index (χ1n) is 11.7. The van der Waals surface area contributed by atoms with Crippen molar-refractivity contribution in [2.45, 2.75) is 6.42 Å². The van der Waals surface area contributed by atoms with Gasteiger partial charge in [-0.05, 0) is 26.1 Å². The van der Waals surface area contributed by atoms with Crippen LogP contribution in [0.2, 0.25) is 0 Å². The molecule has 196 valence electrons. The van der Waals surface area contributed by atoms with Crippen molar-refractivity contribution in [1.82, 2.24) is 14.9 Å². The van der Waals surface area contributed by atoms with E-state index in [1.807, 2.05) is 37.0 Å². The molecule has 1 aliphatic rings. The molecule has 36 heavy (non-hydrogen) atoms. The predicted molar refractivity (Wildman–Crippen MR) is 141 cm³/mol. The van der Waals surface area contributed by atoms with E-state index in [2.05, 4.69) is 20.6 Å². The van der Waals surface area contributed by atoms with Crippen LogP contribution in [-0.2, 0) is 9.47 Å². The normalized spacial score (nSPS) is 13.3. The molecule has 0 saturated carbocycles. The number of methoxy groups -OCH3 is 2. The molecule has 0 fully saturated rings. The minimum absolute atomic E-state index is 0.0398. The number of aromatic nitrogens is 2. The van der Waals surface area contributed by atoms with E-state index in [-0.39, 0.29) is 11.6 Å². The second-order valence-electron chi connectivity index (χ2n) is 8.58. The zero-order valence-corrected chi connectivity index (χ0v) is 21.5. The number of rotatable bonds is 13. The van der Waals surface area contributed by atoms with Crippen LogP contribution >= 0.6 is 0 Å². The minimum atomic E-state index is -0.397. The number of ether oxygens (including phenoxy) is 3. The quantitative estimate of drug-likeness (QED) is 0.239. The topological polar surface area (TPSA) is 127 Å². The lowest BCUT2D eigenvalue weighted by atomic mass is 10.0. The van der Waals surface area contributed by atoms with Crippen LogP contribution in [0.3, 0.4) is 0 Å². The molecule has 2 aromatic rings. The third-order valence-corrected chi connectivity index (χ3v) is 5.73. The highest BCUT2D eigenvalue weighted by Crippen LogP contribution is 2.39. The molecule has 12 nitrogen and oxygen atoms in total. The maximum Gasteiger partial charge on any atom is 0.294 e. The van der Waals surface area contributed by atoms with Crippen LogP contribution in [0.5, 0.6) is 5.75 Å². The number of hydrogen-bond acceptors (Lipinski definition) is 11. The number of benzene rings is 1. The largest absolute Gasteiger partial charge is 0.494 e. The maximum atomic E-state index is 11.9. The lowest BCUT2D eigenvalue weighted by molar-refractivity contribution is -0.384. The molecule has 2 N–H and O–H groups in total. The maximum absolute atomic E-state index is 11.9. The third-order valence-electron chi connectivity index (χ3n) is 5.73. The highest BCUT2D eigenvalue weighted by Gasteiger charge is 2.23. The molecular formula is C24H35N7O5. The van der Waals surface area contributed by atoms with E-state index in [4.69, 9.17) is 14.2 Å². The third kappa shape index (κ3) is 7.03. The Morgan fingerprint density at radius 3 is 2.67 bits per heavy atom. The van der Waals surface area contributed by atoms with Gasteiger partial charge in [0.1, 0.15) is 17.3 Å². The average Bonchev–Trinajstić information content (AvgIpc) is 2.87. The molecule has 0 unspecified atom stereocenters. The van der Waals surface area contributed by atoms with Gasteiger partial charge in [0.25, 0.3) is 5.69 Å². The van der Waals surface area contributed by atoms with Gasteiger partial charge in [-0.2, -0.15) is 4.98 Å². The first-order valence-corrected chi connectivity index (χ1v) is 11.7. The Balaban J connectivity index is 1.94. The number of nitrogens with one attached hydrogen (secondary N) is 2. The summed E-state index contributed by atoms with van der Waals surface area (Å²) in [5.41, 5.74) is 2.81. The van der Waals surface area contributed by atoms with E-state index in [9.17, 15) is 10.1 Å². The summed E-state index contributed by atoms with van der Waals surface area (Å²) in [4.78, 5) is 24.5. The van der Waals surface area contributed by atoms with Gasteiger partial charge in [-0.3, -0.25) is 10.1 Å². The Kier molecular flexibility index (Phi) is 9.79. The van der Waals surface area contributed by atoms with Crippen LogP contribution < -0.4 is 20.3 Å². The van der Waals surface area contributed by atoms with Crippen LogP contribution in [0.25, 0.3) is 5.57 Å². The molecule has 1 aromatic carbocycles. The van der Waals surface area contributed by atoms with Crippen molar-refractivity contribution in [3.05, 3.63) is 40.1 Å². The molecule has 0 aliphatic carbocycles. The summed E-state index contributed by atoms with van der Waals surface area (Å²) in [6, 6.07) is 3.12. The highest BCUT2D eigenvalue weighted by molar-refractivity contribution is 5.78. The summed E-state index contributed by atoms with van der Waals surface area (Å²) in [7, 11) is 8.89. The molecule has 0 saturated heterocycles. The van der Waals surface area contributed by atoms with Gasteiger partial charge >= 0.3 is 0 Å². The fourth-order valence-electron chi connectivity index (χ4n) is 3.72. The Morgan fingerprint density at radius 1 is 1.22 bits per heavy atom. The zero-order chi connectivity index (χ0) is 26.1. The van der Waals surface area contributed by atoms with E-state index >= 15 is 0 Å². The van der Waals surface area contributed by atoms with Crippen molar-refractivity contribution in [2.75, 3.05) is 90.4 Å². The lowest BCUT2D eigenvalue weighted by Crippen LogP contribution is -2.29. The summed E-state index contributed by atoms with van der Waals surface area (Å²) in [6.07, 6.45) is 4.53. The Labute approximate surface area is 211 Å². The van der Waals surface area contributed by atoms with Gasteiger partial charge in [0.05, 0.1) is 37.5 Å². The van der Waals surface area contributed by atoms with Crippen LogP contribution in [0, 0.1) is 10.1 Å². The van der Waals surface area contributed by atoms with E-state index in [1.54, 1.807) is 19.4 Å². The van der Waals surface area contributed by atoms with E-state index in [0.717, 1.165) is 24.1 Å². The fourth-order valence-corrected chi connectivity index (χ4v) is 3.72. The number of nitrogens with zero attached hydrogens (tertiary/aromatic N) is 5. The first-order chi connectivity index (χ1) is 17.3. The van der Waals surface area contributed by atoms with Crippen molar-refractivity contribution >= 4 is 34.4 Å². The van der Waals surface area contributed by atoms with Crippen molar-refractivity contribution < 1.29 is 19.1 Å². The second kappa shape index (κ2) is 13.0. The van der Waals surface area contributed by atoms with Crippen LogP contribution in [0.4, 0.5) is 28.8 Å². The van der Waals surface area contributed by atoms with Crippen LogP contribution in [0.15, 0.2) is 24.4 Å². The minimum Gasteiger partial charge on any atom is -0.494 e. The lowest BCUT2D eigenvalue weighted by Gasteiger charge is -2.23. The molecule has 2 heterocycles. The van der Waals surface area contributed by atoms with Crippen molar-refractivity contribution in [1.29, 1.82) is 0 Å². The van der Waals surface area contributed by atoms with Gasteiger partial charge < -0.3 is 34.6 Å². The SMILES string of the molecule is COCCNc1nc(Nc2cc([N+](=O)[O-])c(N(C)CCN(C)C)cc2OC)ncc1C1=CCOCC1. The van der Waals surface area contributed by atoms with E-state index in [1.165, 1.54) is 13.2 Å². The average molecular weight is 502 g/mol. The van der Waals surface area contributed by atoms with Gasteiger partial charge in [-0.25, -0.2) is 4.98 Å². The van der Waals surface area contributed by atoms with Gasteiger partial charge in [0.2, 0.25) is 5.95 Å². The van der Waals surface area contributed by atoms with Gasteiger partial charge in [-0.15, -0.1) is 0 Å². The Hall–Kier alpha value is -3.48. The van der Waals surface area contributed by atoms with E-state index in [0.29, 0.717) is 55.9 Å². The first kappa shape index (κ1) is 27.1. The predicted octanol–water partition coefficient (Wildman–Crippen LogP) is 3.00.